The Kier molecular flexibility index (Phi) is 4.88. The first-order chi connectivity index (χ1) is 7.27. The smallest absolute Gasteiger partial charge is 0.122 e. The highest BCUT2D eigenvalue weighted by Gasteiger charge is 2.02. The van der Waals surface area contributed by atoms with Crippen LogP contribution in [0.25, 0.3) is 0 Å². The van der Waals surface area contributed by atoms with Crippen molar-refractivity contribution in [2.24, 2.45) is 0 Å². The summed E-state index contributed by atoms with van der Waals surface area (Å²) in [7, 11) is 1.69. The molecule has 0 amide bonds. The van der Waals surface area contributed by atoms with Crippen LogP contribution in [0.4, 0.5) is 0 Å². The van der Waals surface area contributed by atoms with Crippen LogP contribution in [0.15, 0.2) is 18.2 Å². The quantitative estimate of drug-likeness (QED) is 0.528. The van der Waals surface area contributed by atoms with Crippen molar-refractivity contribution in [1.29, 1.82) is 0 Å². The van der Waals surface area contributed by atoms with E-state index in [4.69, 9.17) is 4.74 Å². The fraction of sp³-hybridized carbons (Fsp3) is 0.462. The van der Waals surface area contributed by atoms with E-state index in [2.05, 4.69) is 13.0 Å². The highest BCUT2D eigenvalue weighted by molar-refractivity contribution is 5.49. The topological polar surface area (TPSA) is 26.3 Å². The van der Waals surface area contributed by atoms with E-state index in [9.17, 15) is 4.79 Å². The number of methoxy groups -OCH3 is 1. The van der Waals surface area contributed by atoms with Crippen molar-refractivity contribution in [1.82, 2.24) is 0 Å². The average Bonchev–Trinajstić information content (AvgIpc) is 2.25. The van der Waals surface area contributed by atoms with E-state index in [1.54, 1.807) is 7.11 Å². The third-order valence-electron chi connectivity index (χ3n) is 2.45. The Bertz CT molecular complexity index is 318. The van der Waals surface area contributed by atoms with Gasteiger partial charge in [0.2, 0.25) is 0 Å². The minimum absolute atomic E-state index is 0.661. The molecule has 2 heteroatoms. The lowest BCUT2D eigenvalue weighted by Crippen LogP contribution is -1.93. The number of aldehydes is 1. The summed E-state index contributed by atoms with van der Waals surface area (Å²) in [4.78, 5) is 10.2. The minimum Gasteiger partial charge on any atom is -0.496 e. The number of unbranched alkanes of at least 4 members (excludes halogenated alkanes) is 2. The van der Waals surface area contributed by atoms with Gasteiger partial charge in [-0.2, -0.15) is 0 Å². The molecule has 0 fully saturated rings. The van der Waals surface area contributed by atoms with Crippen molar-refractivity contribution in [3.8, 4) is 5.75 Å². The SMILES string of the molecule is COc1ccc(C)cc1CCCCC=O. The molecule has 0 heterocycles. The van der Waals surface area contributed by atoms with Crippen molar-refractivity contribution >= 4 is 6.29 Å². The van der Waals surface area contributed by atoms with Gasteiger partial charge in [0.05, 0.1) is 7.11 Å². The zero-order valence-electron chi connectivity index (χ0n) is 9.45. The lowest BCUT2D eigenvalue weighted by molar-refractivity contribution is -0.107. The summed E-state index contributed by atoms with van der Waals surface area (Å²) < 4.78 is 5.29. The molecule has 0 N–H and O–H groups in total. The van der Waals surface area contributed by atoms with Crippen LogP contribution in [0.5, 0.6) is 5.75 Å². The zero-order valence-corrected chi connectivity index (χ0v) is 9.45. The van der Waals surface area contributed by atoms with Gasteiger partial charge >= 0.3 is 0 Å². The van der Waals surface area contributed by atoms with Crippen LogP contribution in [0.2, 0.25) is 0 Å². The number of rotatable bonds is 6. The van der Waals surface area contributed by atoms with Crippen molar-refractivity contribution in [2.75, 3.05) is 7.11 Å². The van der Waals surface area contributed by atoms with E-state index in [1.165, 1.54) is 11.1 Å². The van der Waals surface area contributed by atoms with Gasteiger partial charge in [0.1, 0.15) is 12.0 Å². The highest BCUT2D eigenvalue weighted by Crippen LogP contribution is 2.21. The maximum absolute atomic E-state index is 10.2. The third kappa shape index (κ3) is 3.74. The molecule has 0 bridgehead atoms. The largest absolute Gasteiger partial charge is 0.496 e. The molecule has 0 aliphatic heterocycles. The van der Waals surface area contributed by atoms with Gasteiger partial charge in [0, 0.05) is 6.42 Å². The molecule has 0 saturated heterocycles. The zero-order chi connectivity index (χ0) is 11.1. The Morgan fingerprint density at radius 1 is 1.33 bits per heavy atom. The van der Waals surface area contributed by atoms with Crippen LogP contribution in [-0.2, 0) is 11.2 Å². The molecule has 0 aliphatic carbocycles. The molecule has 1 aromatic carbocycles. The number of carbonyl (C=O) groups is 1. The maximum atomic E-state index is 10.2. The van der Waals surface area contributed by atoms with Gasteiger partial charge < -0.3 is 9.53 Å². The summed E-state index contributed by atoms with van der Waals surface area (Å²) in [5.41, 5.74) is 2.49. The normalized spacial score (nSPS) is 10.0. The van der Waals surface area contributed by atoms with Crippen LogP contribution in [0.3, 0.4) is 0 Å². The third-order valence-corrected chi connectivity index (χ3v) is 2.45. The van der Waals surface area contributed by atoms with Crippen molar-refractivity contribution in [3.63, 3.8) is 0 Å². The van der Waals surface area contributed by atoms with Gasteiger partial charge in [-0.25, -0.2) is 0 Å². The van der Waals surface area contributed by atoms with Crippen molar-refractivity contribution in [2.45, 2.75) is 32.6 Å². The molecule has 82 valence electrons. The van der Waals surface area contributed by atoms with Gasteiger partial charge in [-0.05, 0) is 37.8 Å². The molecule has 0 radical (unpaired) electrons. The molecule has 1 aromatic rings. The molecule has 0 unspecified atom stereocenters. The summed E-state index contributed by atoms with van der Waals surface area (Å²) in [5, 5.41) is 0. The first kappa shape index (κ1) is 11.8. The first-order valence-corrected chi connectivity index (χ1v) is 5.35. The minimum atomic E-state index is 0.661. The predicted molar refractivity (Wildman–Crippen MR) is 61.4 cm³/mol. The van der Waals surface area contributed by atoms with Gasteiger partial charge in [0.25, 0.3) is 0 Å². The van der Waals surface area contributed by atoms with Gasteiger partial charge in [-0.15, -0.1) is 0 Å². The summed E-state index contributed by atoms with van der Waals surface area (Å²) in [6.45, 7) is 2.08. The fourth-order valence-corrected chi connectivity index (χ4v) is 1.65. The molecule has 2 nitrogen and oxygen atoms in total. The number of benzene rings is 1. The Labute approximate surface area is 91.3 Å². The molecule has 0 aromatic heterocycles. The lowest BCUT2D eigenvalue weighted by atomic mass is 10.0. The average molecular weight is 206 g/mol. The highest BCUT2D eigenvalue weighted by atomic mass is 16.5. The van der Waals surface area contributed by atoms with E-state index < -0.39 is 0 Å². The van der Waals surface area contributed by atoms with E-state index in [1.807, 2.05) is 12.1 Å². The summed E-state index contributed by atoms with van der Waals surface area (Å²) in [6, 6.07) is 6.21. The van der Waals surface area contributed by atoms with Crippen LogP contribution in [-0.4, -0.2) is 13.4 Å². The monoisotopic (exact) mass is 206 g/mol. The van der Waals surface area contributed by atoms with Crippen LogP contribution >= 0.6 is 0 Å². The maximum Gasteiger partial charge on any atom is 0.122 e. The summed E-state index contributed by atoms with van der Waals surface area (Å²) >= 11 is 0. The number of ether oxygens (including phenoxy) is 1. The Hall–Kier alpha value is -1.31. The second kappa shape index (κ2) is 6.23. The molecule has 0 atom stereocenters. The van der Waals surface area contributed by atoms with E-state index >= 15 is 0 Å². The van der Waals surface area contributed by atoms with Gasteiger partial charge in [0.15, 0.2) is 0 Å². The predicted octanol–water partition coefficient (Wildman–Crippen LogP) is 2.92. The van der Waals surface area contributed by atoms with E-state index in [-0.39, 0.29) is 0 Å². The number of hydrogen-bond acceptors (Lipinski definition) is 2. The fourth-order valence-electron chi connectivity index (χ4n) is 1.65. The molecular formula is C13H18O2. The summed E-state index contributed by atoms with van der Waals surface area (Å²) in [5.74, 6) is 0.951. The van der Waals surface area contributed by atoms with Crippen molar-refractivity contribution < 1.29 is 9.53 Å². The van der Waals surface area contributed by atoms with E-state index in [0.717, 1.165) is 31.3 Å². The molecule has 0 aliphatic rings. The second-order valence-corrected chi connectivity index (χ2v) is 3.73. The van der Waals surface area contributed by atoms with E-state index in [0.29, 0.717) is 6.42 Å². The number of aryl methyl sites for hydroxylation is 2. The van der Waals surface area contributed by atoms with Crippen LogP contribution in [0.1, 0.15) is 30.4 Å². The molecule has 0 spiro atoms. The van der Waals surface area contributed by atoms with Gasteiger partial charge in [-0.1, -0.05) is 17.7 Å². The Morgan fingerprint density at radius 2 is 2.13 bits per heavy atom. The molecule has 1 rings (SSSR count). The Morgan fingerprint density at radius 3 is 2.80 bits per heavy atom. The van der Waals surface area contributed by atoms with Crippen molar-refractivity contribution in [3.05, 3.63) is 29.3 Å². The first-order valence-electron chi connectivity index (χ1n) is 5.35. The van der Waals surface area contributed by atoms with Crippen LogP contribution < -0.4 is 4.74 Å². The summed E-state index contributed by atoms with van der Waals surface area (Å²) in [6.07, 6.45) is 4.62. The Balaban J connectivity index is 2.57. The van der Waals surface area contributed by atoms with Crippen LogP contribution in [0, 0.1) is 6.92 Å². The standard InChI is InChI=1S/C13H18O2/c1-11-7-8-13(15-2)12(10-11)6-4-3-5-9-14/h7-10H,3-6H2,1-2H3. The number of hydrogen-bond donors (Lipinski definition) is 0. The van der Waals surface area contributed by atoms with Gasteiger partial charge in [-0.3, -0.25) is 0 Å². The molecule has 15 heavy (non-hydrogen) atoms. The number of carbonyl (C=O) groups excluding carboxylic acids is 1. The second-order valence-electron chi connectivity index (χ2n) is 3.73. The lowest BCUT2D eigenvalue weighted by Gasteiger charge is -2.08. The molecular weight excluding hydrogens is 188 g/mol. The molecule has 0 saturated carbocycles.